The lowest BCUT2D eigenvalue weighted by Gasteiger charge is -2.14. The number of benzene rings is 2. The van der Waals surface area contributed by atoms with Crippen molar-refractivity contribution in [3.63, 3.8) is 0 Å². The fourth-order valence-electron chi connectivity index (χ4n) is 2.55. The molecule has 0 aliphatic carbocycles. The number of nitrogens with two attached hydrogens (primary N) is 1. The van der Waals surface area contributed by atoms with Crippen molar-refractivity contribution in [3.05, 3.63) is 66.0 Å². The molecular weight excluding hydrogens is 388 g/mol. The van der Waals surface area contributed by atoms with Gasteiger partial charge in [-0.05, 0) is 36.4 Å². The van der Waals surface area contributed by atoms with Crippen LogP contribution >= 0.6 is 0 Å². The van der Waals surface area contributed by atoms with Gasteiger partial charge in [0.05, 0.1) is 25.3 Å². The van der Waals surface area contributed by atoms with Gasteiger partial charge < -0.3 is 20.5 Å². The van der Waals surface area contributed by atoms with Crippen LogP contribution in [0.3, 0.4) is 0 Å². The molecule has 30 heavy (non-hydrogen) atoms. The maximum Gasteiger partial charge on any atom is 0.337 e. The molecule has 0 unspecified atom stereocenters. The number of hydrogen-bond donors (Lipinski definition) is 4. The first-order valence-electron chi connectivity index (χ1n) is 8.78. The second-order valence-corrected chi connectivity index (χ2v) is 5.96. The van der Waals surface area contributed by atoms with Gasteiger partial charge >= 0.3 is 5.97 Å². The van der Waals surface area contributed by atoms with E-state index in [1.54, 1.807) is 48.5 Å². The molecule has 1 aromatic heterocycles. The van der Waals surface area contributed by atoms with Crippen LogP contribution in [0.4, 0.5) is 23.0 Å². The molecule has 0 bridgehead atoms. The number of para-hydroxylation sites is 1. The summed E-state index contributed by atoms with van der Waals surface area (Å²) in [6.45, 7) is 0. The zero-order valence-electron chi connectivity index (χ0n) is 16.3. The van der Waals surface area contributed by atoms with E-state index < -0.39 is 11.9 Å². The Bertz CT molecular complexity index is 1060. The number of aromatic nitrogens is 2. The number of anilines is 4. The average Bonchev–Trinajstić information content (AvgIpc) is 2.79. The molecule has 0 spiro atoms. The van der Waals surface area contributed by atoms with Crippen LogP contribution in [0.25, 0.3) is 0 Å². The third kappa shape index (κ3) is 4.55. The van der Waals surface area contributed by atoms with E-state index in [4.69, 9.17) is 10.5 Å². The normalized spacial score (nSPS) is 10.1. The molecule has 0 aliphatic rings. The summed E-state index contributed by atoms with van der Waals surface area (Å²) >= 11 is 0. The van der Waals surface area contributed by atoms with Gasteiger partial charge in [0.1, 0.15) is 17.8 Å². The lowest BCUT2D eigenvalue weighted by molar-refractivity contribution is 0.0600. The van der Waals surface area contributed by atoms with Crippen molar-refractivity contribution >= 4 is 34.9 Å². The number of carbonyl (C=O) groups is 2. The zero-order chi connectivity index (χ0) is 21.5. The first-order valence-corrected chi connectivity index (χ1v) is 8.78. The van der Waals surface area contributed by atoms with Crippen molar-refractivity contribution < 1.29 is 19.1 Å². The van der Waals surface area contributed by atoms with Gasteiger partial charge in [0, 0.05) is 5.69 Å². The van der Waals surface area contributed by atoms with Crippen molar-refractivity contribution in [3.8, 4) is 5.75 Å². The van der Waals surface area contributed by atoms with Crippen molar-refractivity contribution in [1.82, 2.24) is 15.4 Å². The number of methoxy groups -OCH3 is 2. The molecule has 0 radical (unpaired) electrons. The molecule has 1 heterocycles. The average molecular weight is 408 g/mol. The molecule has 154 valence electrons. The third-order valence-electron chi connectivity index (χ3n) is 4.10. The van der Waals surface area contributed by atoms with E-state index in [2.05, 4.69) is 30.9 Å². The predicted molar refractivity (Wildman–Crippen MR) is 112 cm³/mol. The summed E-state index contributed by atoms with van der Waals surface area (Å²) in [5.74, 6) is 0.121. The number of ether oxygens (including phenoxy) is 2. The summed E-state index contributed by atoms with van der Waals surface area (Å²) in [5.41, 5.74) is 12.9. The van der Waals surface area contributed by atoms with Crippen LogP contribution in [-0.2, 0) is 4.74 Å². The van der Waals surface area contributed by atoms with Crippen LogP contribution in [0.15, 0.2) is 54.9 Å². The first-order chi connectivity index (χ1) is 14.5. The molecule has 0 atom stereocenters. The first kappa shape index (κ1) is 20.4. The van der Waals surface area contributed by atoms with Gasteiger partial charge in [0.25, 0.3) is 5.91 Å². The topological polar surface area (TPSA) is 140 Å². The number of hydrazine groups is 1. The van der Waals surface area contributed by atoms with Crippen LogP contribution in [0.5, 0.6) is 5.75 Å². The quantitative estimate of drug-likeness (QED) is 0.342. The zero-order valence-corrected chi connectivity index (χ0v) is 16.3. The molecule has 3 aromatic rings. The van der Waals surface area contributed by atoms with Crippen molar-refractivity contribution in [2.45, 2.75) is 0 Å². The van der Waals surface area contributed by atoms with E-state index in [1.807, 2.05) is 0 Å². The Kier molecular flexibility index (Phi) is 6.28. The van der Waals surface area contributed by atoms with Gasteiger partial charge in [-0.15, -0.1) is 0 Å². The monoisotopic (exact) mass is 408 g/mol. The number of nitrogens with zero attached hydrogens (tertiary/aromatic N) is 2. The predicted octanol–water partition coefficient (Wildman–Crippen LogP) is 2.35. The molecule has 10 nitrogen and oxygen atoms in total. The van der Waals surface area contributed by atoms with E-state index in [9.17, 15) is 9.59 Å². The Morgan fingerprint density at radius 2 is 1.67 bits per heavy atom. The Balaban J connectivity index is 1.70. The standard InChI is InChI=1S/C20H20N6O4/c1-29-15-6-4-3-5-14(15)19(27)26-25-18-16(21)17(22-11-23-18)24-13-9-7-12(8-10-13)20(28)30-2/h3-11H,21H2,1-2H3,(H,26,27)(H2,22,23,24,25). The molecular formula is C20H20N6O4. The Morgan fingerprint density at radius 1 is 0.967 bits per heavy atom. The Morgan fingerprint density at radius 3 is 2.37 bits per heavy atom. The van der Waals surface area contributed by atoms with Gasteiger partial charge in [-0.2, -0.15) is 0 Å². The summed E-state index contributed by atoms with van der Waals surface area (Å²) < 4.78 is 9.85. The molecule has 5 N–H and O–H groups in total. The molecule has 0 aliphatic heterocycles. The van der Waals surface area contributed by atoms with Crippen LogP contribution < -0.4 is 26.6 Å². The van der Waals surface area contributed by atoms with Crippen LogP contribution in [0.2, 0.25) is 0 Å². The van der Waals surface area contributed by atoms with Gasteiger partial charge in [-0.25, -0.2) is 14.8 Å². The van der Waals surface area contributed by atoms with Crippen LogP contribution in [0, 0.1) is 0 Å². The maximum atomic E-state index is 12.4. The fourth-order valence-corrected chi connectivity index (χ4v) is 2.55. The molecule has 10 heteroatoms. The van der Waals surface area contributed by atoms with Gasteiger partial charge in [-0.1, -0.05) is 12.1 Å². The Labute approximate surface area is 172 Å². The maximum absolute atomic E-state index is 12.4. The minimum Gasteiger partial charge on any atom is -0.496 e. The number of nitrogen functional groups attached to an aromatic ring is 1. The molecule has 3 rings (SSSR count). The highest BCUT2D eigenvalue weighted by molar-refractivity contribution is 5.97. The van der Waals surface area contributed by atoms with E-state index >= 15 is 0 Å². The van der Waals surface area contributed by atoms with E-state index in [0.717, 1.165) is 0 Å². The summed E-state index contributed by atoms with van der Waals surface area (Å²) in [4.78, 5) is 32.1. The van der Waals surface area contributed by atoms with Gasteiger partial charge in [0.2, 0.25) is 0 Å². The highest BCUT2D eigenvalue weighted by atomic mass is 16.5. The second kappa shape index (κ2) is 9.24. The second-order valence-electron chi connectivity index (χ2n) is 5.96. The molecule has 1 amide bonds. The van der Waals surface area contributed by atoms with E-state index in [-0.39, 0.29) is 11.5 Å². The van der Waals surface area contributed by atoms with Crippen molar-refractivity contribution in [2.24, 2.45) is 0 Å². The highest BCUT2D eigenvalue weighted by Gasteiger charge is 2.13. The van der Waals surface area contributed by atoms with Crippen LogP contribution in [0.1, 0.15) is 20.7 Å². The fraction of sp³-hybridized carbons (Fsp3) is 0.100. The number of amides is 1. The number of rotatable bonds is 7. The summed E-state index contributed by atoms with van der Waals surface area (Å²) in [6.07, 6.45) is 1.29. The number of esters is 1. The lowest BCUT2D eigenvalue weighted by Crippen LogP contribution is -2.30. The van der Waals surface area contributed by atoms with Gasteiger partial charge in [0.15, 0.2) is 11.6 Å². The summed E-state index contributed by atoms with van der Waals surface area (Å²) in [5, 5.41) is 3.03. The van der Waals surface area contributed by atoms with Crippen LogP contribution in [-0.4, -0.2) is 36.1 Å². The molecule has 0 fully saturated rings. The Hall–Kier alpha value is -4.34. The number of nitrogens with one attached hydrogen (secondary N) is 3. The SMILES string of the molecule is COC(=O)c1ccc(Nc2ncnc(NNC(=O)c3ccccc3OC)c2N)cc1. The number of hydrogen-bond acceptors (Lipinski definition) is 9. The van der Waals surface area contributed by atoms with E-state index in [1.165, 1.54) is 20.5 Å². The highest BCUT2D eigenvalue weighted by Crippen LogP contribution is 2.25. The smallest absolute Gasteiger partial charge is 0.337 e. The summed E-state index contributed by atoms with van der Waals surface area (Å²) in [6, 6.07) is 13.4. The number of carbonyl (C=O) groups excluding carboxylic acids is 2. The van der Waals surface area contributed by atoms with Gasteiger partial charge in [-0.3, -0.25) is 15.6 Å². The molecule has 2 aromatic carbocycles. The minimum atomic E-state index is -0.430. The van der Waals surface area contributed by atoms with Crippen molar-refractivity contribution in [2.75, 3.05) is 30.7 Å². The summed E-state index contributed by atoms with van der Waals surface area (Å²) in [7, 11) is 2.80. The molecule has 0 saturated carbocycles. The minimum absolute atomic E-state index is 0.190. The lowest BCUT2D eigenvalue weighted by atomic mass is 10.2. The molecule has 0 saturated heterocycles. The third-order valence-corrected chi connectivity index (χ3v) is 4.10. The van der Waals surface area contributed by atoms with E-state index in [0.29, 0.717) is 28.4 Å². The van der Waals surface area contributed by atoms with Crippen molar-refractivity contribution in [1.29, 1.82) is 0 Å². The largest absolute Gasteiger partial charge is 0.496 e.